The molecule has 2 rings (SSSR count). The van der Waals surface area contributed by atoms with Crippen molar-refractivity contribution >= 4 is 0 Å². The van der Waals surface area contributed by atoms with Gasteiger partial charge in [-0.15, -0.1) is 0 Å². The van der Waals surface area contributed by atoms with Crippen LogP contribution in [0, 0.1) is 5.21 Å². The highest BCUT2D eigenvalue weighted by atomic mass is 19.3. The number of hydrogen-bond acceptors (Lipinski definition) is 3. The number of rotatable bonds is 4. The van der Waals surface area contributed by atoms with Crippen LogP contribution in [0.3, 0.4) is 0 Å². The molecule has 1 aromatic heterocycles. The third-order valence-corrected chi connectivity index (χ3v) is 3.03. The summed E-state index contributed by atoms with van der Waals surface area (Å²) < 4.78 is 37.1. The van der Waals surface area contributed by atoms with E-state index in [1.807, 2.05) is 0 Å². The van der Waals surface area contributed by atoms with Crippen LogP contribution in [0.4, 0.5) is 8.78 Å². The maximum atomic E-state index is 13.1. The second-order valence-corrected chi connectivity index (χ2v) is 4.53. The zero-order chi connectivity index (χ0) is 13.3. The van der Waals surface area contributed by atoms with E-state index in [-0.39, 0.29) is 22.7 Å². The summed E-state index contributed by atoms with van der Waals surface area (Å²) in [5.41, 5.74) is -0.609. The molecule has 0 N–H and O–H groups in total. The summed E-state index contributed by atoms with van der Waals surface area (Å²) >= 11 is 0. The third-order valence-electron chi connectivity index (χ3n) is 3.03. The number of methoxy groups -OCH3 is 1. The molecule has 1 aromatic rings. The summed E-state index contributed by atoms with van der Waals surface area (Å²) in [6.07, 6.45) is 2.65. The van der Waals surface area contributed by atoms with E-state index in [0.29, 0.717) is 6.92 Å². The quantitative estimate of drug-likeness (QED) is 0.613. The summed E-state index contributed by atoms with van der Waals surface area (Å²) in [5.74, 6) is -2.89. The highest BCUT2D eigenvalue weighted by Gasteiger charge is 2.35. The molecule has 18 heavy (non-hydrogen) atoms. The summed E-state index contributed by atoms with van der Waals surface area (Å²) in [7, 11) is 1.62. The Morgan fingerprint density at radius 2 is 2.06 bits per heavy atom. The second-order valence-electron chi connectivity index (χ2n) is 4.53. The lowest BCUT2D eigenvalue weighted by Gasteiger charge is -2.34. The Morgan fingerprint density at radius 3 is 2.61 bits per heavy atom. The van der Waals surface area contributed by atoms with Crippen LogP contribution in [0.15, 0.2) is 18.3 Å². The van der Waals surface area contributed by atoms with E-state index >= 15 is 0 Å². The Balaban J connectivity index is 2.06. The summed E-state index contributed by atoms with van der Waals surface area (Å²) in [6.45, 7) is 0.685. The van der Waals surface area contributed by atoms with Gasteiger partial charge in [-0.25, -0.2) is 0 Å². The molecule has 0 spiro atoms. The van der Waals surface area contributed by atoms with Crippen LogP contribution in [-0.2, 0) is 10.7 Å². The number of alkyl halides is 2. The van der Waals surface area contributed by atoms with Gasteiger partial charge in [-0.05, 0) is 0 Å². The molecule has 100 valence electrons. The Bertz CT molecular complexity index is 428. The van der Waals surface area contributed by atoms with Gasteiger partial charge in [0, 0.05) is 32.9 Å². The van der Waals surface area contributed by atoms with Crippen molar-refractivity contribution in [2.24, 2.45) is 0 Å². The first-order valence-electron chi connectivity index (χ1n) is 5.71. The van der Waals surface area contributed by atoms with E-state index in [1.165, 1.54) is 6.07 Å². The molecule has 0 radical (unpaired) electrons. The highest BCUT2D eigenvalue weighted by Crippen LogP contribution is 2.30. The van der Waals surface area contributed by atoms with Gasteiger partial charge in [0.2, 0.25) is 0 Å². The molecule has 0 amide bonds. The van der Waals surface area contributed by atoms with Crippen LogP contribution < -0.4 is 9.47 Å². The number of halogens is 2. The molecule has 6 heteroatoms. The van der Waals surface area contributed by atoms with Crippen molar-refractivity contribution in [2.75, 3.05) is 7.11 Å². The van der Waals surface area contributed by atoms with Gasteiger partial charge in [-0.3, -0.25) is 0 Å². The monoisotopic (exact) mass is 259 g/mol. The third kappa shape index (κ3) is 2.69. The maximum absolute atomic E-state index is 13.1. The van der Waals surface area contributed by atoms with Gasteiger partial charge in [0.25, 0.3) is 5.69 Å². The summed E-state index contributed by atoms with van der Waals surface area (Å²) in [6, 6.07) is 2.48. The molecule has 1 aliphatic rings. The van der Waals surface area contributed by atoms with Crippen molar-refractivity contribution < 1.29 is 23.0 Å². The predicted molar refractivity (Wildman–Crippen MR) is 59.4 cm³/mol. The molecule has 0 bridgehead atoms. The molecule has 0 atom stereocenters. The molecule has 1 aliphatic carbocycles. The van der Waals surface area contributed by atoms with Crippen LogP contribution in [0.1, 0.15) is 25.5 Å². The second kappa shape index (κ2) is 4.68. The largest absolute Gasteiger partial charge is 0.618 e. The molecule has 0 aliphatic heterocycles. The van der Waals surface area contributed by atoms with Crippen LogP contribution in [0.25, 0.3) is 0 Å². The molecule has 0 saturated heterocycles. The molecular formula is C12H15F2NO3. The lowest BCUT2D eigenvalue weighted by molar-refractivity contribution is -0.624. The van der Waals surface area contributed by atoms with E-state index in [0.717, 1.165) is 25.1 Å². The molecular weight excluding hydrogens is 244 g/mol. The van der Waals surface area contributed by atoms with Gasteiger partial charge in [-0.2, -0.15) is 13.5 Å². The van der Waals surface area contributed by atoms with Gasteiger partial charge in [0.05, 0.1) is 12.2 Å². The van der Waals surface area contributed by atoms with Crippen molar-refractivity contribution in [2.45, 2.75) is 37.9 Å². The number of hydrogen-bond donors (Lipinski definition) is 0. The smallest absolute Gasteiger partial charge is 0.328 e. The minimum absolute atomic E-state index is 0.0317. The van der Waals surface area contributed by atoms with Crippen LogP contribution >= 0.6 is 0 Å². The summed E-state index contributed by atoms with van der Waals surface area (Å²) in [5, 5.41) is 11.2. The zero-order valence-corrected chi connectivity index (χ0v) is 10.2. The Kier molecular flexibility index (Phi) is 3.38. The Hall–Kier alpha value is -1.43. The molecule has 1 heterocycles. The fraction of sp³-hybridized carbons (Fsp3) is 0.583. The lowest BCUT2D eigenvalue weighted by atomic mass is 9.92. The molecule has 1 saturated carbocycles. The normalized spacial score (nSPS) is 23.6. The summed E-state index contributed by atoms with van der Waals surface area (Å²) in [4.78, 5) is 0. The molecule has 1 fully saturated rings. The van der Waals surface area contributed by atoms with Gasteiger partial charge in [-0.1, -0.05) is 0 Å². The van der Waals surface area contributed by atoms with Crippen molar-refractivity contribution in [3.63, 3.8) is 0 Å². The highest BCUT2D eigenvalue weighted by molar-refractivity contribution is 5.22. The minimum Gasteiger partial charge on any atom is -0.618 e. The van der Waals surface area contributed by atoms with E-state index in [1.54, 1.807) is 7.11 Å². The average molecular weight is 259 g/mol. The SMILES string of the molecule is COC1CC(Oc2cc[n+]([O-])c(C(C)(F)F)c2)C1. The van der Waals surface area contributed by atoms with E-state index in [4.69, 9.17) is 9.47 Å². The lowest BCUT2D eigenvalue weighted by Crippen LogP contribution is -2.40. The first kappa shape index (κ1) is 13.0. The standard InChI is InChI=1S/C12H15F2NO3/c1-12(13,14)11-7-8(3-4-15(11)16)18-10-5-9(6-10)17-2/h3-4,7,9-10H,5-6H2,1-2H3. The zero-order valence-electron chi connectivity index (χ0n) is 10.2. The van der Waals surface area contributed by atoms with E-state index < -0.39 is 11.6 Å². The fourth-order valence-corrected chi connectivity index (χ4v) is 1.86. The van der Waals surface area contributed by atoms with Crippen molar-refractivity contribution in [1.82, 2.24) is 0 Å². The molecule has 0 aromatic carbocycles. The van der Waals surface area contributed by atoms with E-state index in [2.05, 4.69) is 0 Å². The van der Waals surface area contributed by atoms with Gasteiger partial charge in [0.1, 0.15) is 11.9 Å². The van der Waals surface area contributed by atoms with Crippen LogP contribution in [-0.4, -0.2) is 19.3 Å². The Labute approximate surface area is 104 Å². The van der Waals surface area contributed by atoms with Crippen molar-refractivity contribution in [3.05, 3.63) is 29.2 Å². The number of aromatic nitrogens is 1. The van der Waals surface area contributed by atoms with Crippen LogP contribution in [0.5, 0.6) is 5.75 Å². The minimum atomic E-state index is -3.18. The van der Waals surface area contributed by atoms with Crippen LogP contribution in [0.2, 0.25) is 0 Å². The number of nitrogens with zero attached hydrogens (tertiary/aromatic N) is 1. The van der Waals surface area contributed by atoms with Gasteiger partial charge >= 0.3 is 5.92 Å². The number of pyridine rings is 1. The van der Waals surface area contributed by atoms with Crippen molar-refractivity contribution in [1.29, 1.82) is 0 Å². The molecule has 0 unspecified atom stereocenters. The fourth-order valence-electron chi connectivity index (χ4n) is 1.86. The van der Waals surface area contributed by atoms with Crippen molar-refractivity contribution in [3.8, 4) is 5.75 Å². The van der Waals surface area contributed by atoms with E-state index in [9.17, 15) is 14.0 Å². The maximum Gasteiger partial charge on any atom is 0.328 e. The predicted octanol–water partition coefficient (Wildman–Crippen LogP) is 1.99. The number of ether oxygens (including phenoxy) is 2. The Morgan fingerprint density at radius 1 is 1.39 bits per heavy atom. The average Bonchev–Trinajstić information content (AvgIpc) is 2.23. The van der Waals surface area contributed by atoms with Gasteiger partial charge < -0.3 is 14.7 Å². The van der Waals surface area contributed by atoms with Gasteiger partial charge in [0.15, 0.2) is 6.20 Å². The first-order chi connectivity index (χ1) is 8.40. The molecule has 4 nitrogen and oxygen atoms in total. The first-order valence-corrected chi connectivity index (χ1v) is 5.71. The topological polar surface area (TPSA) is 45.4 Å².